The number of anilines is 2. The summed E-state index contributed by atoms with van der Waals surface area (Å²) in [7, 11) is 0. The predicted molar refractivity (Wildman–Crippen MR) is 97.4 cm³/mol. The van der Waals surface area contributed by atoms with Crippen molar-refractivity contribution in [2.75, 3.05) is 29.9 Å². The van der Waals surface area contributed by atoms with Crippen LogP contribution in [-0.2, 0) is 13.0 Å². The summed E-state index contributed by atoms with van der Waals surface area (Å²) in [6.07, 6.45) is 4.46. The van der Waals surface area contributed by atoms with E-state index < -0.39 is 0 Å². The molecular weight excluding hydrogens is 300 g/mol. The Morgan fingerprint density at radius 3 is 2.54 bits per heavy atom. The lowest BCUT2D eigenvalue weighted by Gasteiger charge is -2.27. The van der Waals surface area contributed by atoms with E-state index in [4.69, 9.17) is 10.1 Å². The molecule has 5 nitrogen and oxygen atoms in total. The van der Waals surface area contributed by atoms with Gasteiger partial charge in [0.2, 0.25) is 5.95 Å². The number of hydrogen-bond acceptors (Lipinski definition) is 5. The van der Waals surface area contributed by atoms with Crippen molar-refractivity contribution >= 4 is 11.6 Å². The van der Waals surface area contributed by atoms with Crippen molar-refractivity contribution in [1.29, 1.82) is 0 Å². The Hall–Kier alpha value is -2.14. The molecule has 1 aliphatic heterocycles. The summed E-state index contributed by atoms with van der Waals surface area (Å²) in [6, 6.07) is 10.2. The number of aromatic nitrogens is 2. The van der Waals surface area contributed by atoms with Gasteiger partial charge in [-0.05, 0) is 56.4 Å². The maximum Gasteiger partial charge on any atom is 0.225 e. The zero-order valence-corrected chi connectivity index (χ0v) is 14.3. The number of benzene rings is 1. The number of piperidine rings is 1. The number of nitrogens with one attached hydrogen (secondary N) is 1. The monoisotopic (exact) mass is 326 g/mol. The highest BCUT2D eigenvalue weighted by Gasteiger charge is 2.14. The maximum atomic E-state index is 8.97. The topological polar surface area (TPSA) is 61.3 Å². The first-order valence-corrected chi connectivity index (χ1v) is 8.78. The van der Waals surface area contributed by atoms with E-state index in [9.17, 15) is 0 Å². The molecule has 0 unspecified atom stereocenters. The predicted octanol–water partition coefficient (Wildman–Crippen LogP) is 2.92. The average molecular weight is 326 g/mol. The van der Waals surface area contributed by atoms with E-state index in [-0.39, 0.29) is 6.61 Å². The van der Waals surface area contributed by atoms with Crippen LogP contribution in [-0.4, -0.2) is 34.8 Å². The first-order valence-electron chi connectivity index (χ1n) is 8.78. The van der Waals surface area contributed by atoms with Gasteiger partial charge in [0, 0.05) is 31.1 Å². The minimum Gasteiger partial charge on any atom is -0.396 e. The van der Waals surface area contributed by atoms with Crippen molar-refractivity contribution in [3.05, 3.63) is 47.3 Å². The molecule has 1 saturated heterocycles. The second-order valence-electron chi connectivity index (χ2n) is 6.37. The van der Waals surface area contributed by atoms with Crippen LogP contribution >= 0.6 is 0 Å². The average Bonchev–Trinajstić information content (AvgIpc) is 2.62. The van der Waals surface area contributed by atoms with E-state index in [0.29, 0.717) is 13.0 Å². The largest absolute Gasteiger partial charge is 0.396 e. The highest BCUT2D eigenvalue weighted by molar-refractivity contribution is 5.45. The Kier molecular flexibility index (Phi) is 5.64. The molecule has 0 atom stereocenters. The second-order valence-corrected chi connectivity index (χ2v) is 6.37. The third-order valence-electron chi connectivity index (χ3n) is 4.36. The van der Waals surface area contributed by atoms with E-state index >= 15 is 0 Å². The quantitative estimate of drug-likeness (QED) is 0.855. The molecule has 0 aliphatic carbocycles. The number of hydrogen-bond donors (Lipinski definition) is 2. The molecule has 0 saturated carbocycles. The molecule has 2 aromatic rings. The molecule has 0 bridgehead atoms. The summed E-state index contributed by atoms with van der Waals surface area (Å²) in [5.74, 6) is 0.866. The fourth-order valence-electron chi connectivity index (χ4n) is 3.05. The number of aliphatic hydroxyl groups is 1. The molecule has 128 valence electrons. The van der Waals surface area contributed by atoms with Gasteiger partial charge in [-0.15, -0.1) is 0 Å². The molecule has 1 aromatic carbocycles. The van der Waals surface area contributed by atoms with Gasteiger partial charge < -0.3 is 15.3 Å². The van der Waals surface area contributed by atoms with Crippen LogP contribution in [0.15, 0.2) is 30.3 Å². The smallest absolute Gasteiger partial charge is 0.225 e. The maximum absolute atomic E-state index is 8.97. The summed E-state index contributed by atoms with van der Waals surface area (Å²) < 4.78 is 0. The second kappa shape index (κ2) is 8.11. The third kappa shape index (κ3) is 4.45. The Morgan fingerprint density at radius 2 is 1.83 bits per heavy atom. The van der Waals surface area contributed by atoms with Crippen LogP contribution in [0.5, 0.6) is 0 Å². The van der Waals surface area contributed by atoms with E-state index in [2.05, 4.69) is 15.2 Å². The molecule has 1 aromatic heterocycles. The first-order chi connectivity index (χ1) is 11.7. The van der Waals surface area contributed by atoms with Gasteiger partial charge in [0.1, 0.15) is 0 Å². The Balaban J connectivity index is 1.65. The van der Waals surface area contributed by atoms with Crippen molar-refractivity contribution in [3.8, 4) is 0 Å². The van der Waals surface area contributed by atoms with Gasteiger partial charge >= 0.3 is 0 Å². The summed E-state index contributed by atoms with van der Waals surface area (Å²) in [4.78, 5) is 11.6. The number of rotatable bonds is 6. The normalized spacial score (nSPS) is 14.7. The summed E-state index contributed by atoms with van der Waals surface area (Å²) in [5, 5.41) is 12.4. The van der Waals surface area contributed by atoms with Crippen molar-refractivity contribution in [2.45, 2.75) is 39.2 Å². The molecule has 0 spiro atoms. The summed E-state index contributed by atoms with van der Waals surface area (Å²) in [5.41, 5.74) is 4.24. The lowest BCUT2D eigenvalue weighted by atomic mass is 10.1. The molecule has 0 radical (unpaired) electrons. The minimum absolute atomic E-state index is 0.187. The molecule has 3 rings (SSSR count). The van der Waals surface area contributed by atoms with Crippen LogP contribution in [0.2, 0.25) is 0 Å². The lowest BCUT2D eigenvalue weighted by molar-refractivity contribution is 0.299. The Labute approximate surface area is 143 Å². The fourth-order valence-corrected chi connectivity index (χ4v) is 3.05. The standard InChI is InChI=1S/C19H26N4O/c1-15-13-18(22-19(21-15)23-10-3-2-4-11-23)14-20-17-7-5-16(6-8-17)9-12-24/h5-8,13,20,24H,2-4,9-12,14H2,1H3. The minimum atomic E-state index is 0.187. The molecule has 2 heterocycles. The highest BCUT2D eigenvalue weighted by atomic mass is 16.2. The Morgan fingerprint density at radius 1 is 1.08 bits per heavy atom. The molecule has 0 amide bonds. The van der Waals surface area contributed by atoms with Gasteiger partial charge in [-0.25, -0.2) is 9.97 Å². The van der Waals surface area contributed by atoms with Gasteiger partial charge in [0.15, 0.2) is 0 Å². The molecule has 5 heteroatoms. The molecular formula is C19H26N4O. The molecule has 1 fully saturated rings. The van der Waals surface area contributed by atoms with E-state index in [0.717, 1.165) is 41.7 Å². The van der Waals surface area contributed by atoms with E-state index in [1.165, 1.54) is 19.3 Å². The van der Waals surface area contributed by atoms with Crippen LogP contribution in [0.1, 0.15) is 36.2 Å². The number of nitrogens with zero attached hydrogens (tertiary/aromatic N) is 3. The van der Waals surface area contributed by atoms with Gasteiger partial charge in [-0.1, -0.05) is 12.1 Å². The summed E-state index contributed by atoms with van der Waals surface area (Å²) in [6.45, 7) is 5.02. The zero-order valence-electron chi connectivity index (χ0n) is 14.3. The fraction of sp³-hybridized carbons (Fsp3) is 0.474. The molecule has 2 N–H and O–H groups in total. The highest BCUT2D eigenvalue weighted by Crippen LogP contribution is 2.17. The van der Waals surface area contributed by atoms with E-state index in [1.807, 2.05) is 37.3 Å². The zero-order chi connectivity index (χ0) is 16.8. The van der Waals surface area contributed by atoms with Crippen LogP contribution in [0.4, 0.5) is 11.6 Å². The van der Waals surface area contributed by atoms with Gasteiger partial charge in [0.25, 0.3) is 0 Å². The number of aryl methyl sites for hydroxylation is 1. The third-order valence-corrected chi connectivity index (χ3v) is 4.36. The van der Waals surface area contributed by atoms with E-state index in [1.54, 1.807) is 0 Å². The van der Waals surface area contributed by atoms with Crippen molar-refractivity contribution in [3.63, 3.8) is 0 Å². The molecule has 1 aliphatic rings. The van der Waals surface area contributed by atoms with Gasteiger partial charge in [-0.3, -0.25) is 0 Å². The lowest BCUT2D eigenvalue weighted by Crippen LogP contribution is -2.31. The number of aliphatic hydroxyl groups excluding tert-OH is 1. The van der Waals surface area contributed by atoms with Gasteiger partial charge in [-0.2, -0.15) is 0 Å². The first kappa shape index (κ1) is 16.7. The SMILES string of the molecule is Cc1cc(CNc2ccc(CCO)cc2)nc(N2CCCCC2)n1. The van der Waals surface area contributed by atoms with Crippen LogP contribution in [0, 0.1) is 6.92 Å². The Bertz CT molecular complexity index is 651. The van der Waals surface area contributed by atoms with Crippen LogP contribution < -0.4 is 10.2 Å². The van der Waals surface area contributed by atoms with Crippen LogP contribution in [0.3, 0.4) is 0 Å². The van der Waals surface area contributed by atoms with Crippen LogP contribution in [0.25, 0.3) is 0 Å². The van der Waals surface area contributed by atoms with Crippen molar-refractivity contribution < 1.29 is 5.11 Å². The molecule has 24 heavy (non-hydrogen) atoms. The summed E-state index contributed by atoms with van der Waals surface area (Å²) >= 11 is 0. The van der Waals surface area contributed by atoms with Crippen molar-refractivity contribution in [2.24, 2.45) is 0 Å². The van der Waals surface area contributed by atoms with Gasteiger partial charge in [0.05, 0.1) is 12.2 Å². The van der Waals surface area contributed by atoms with Crippen molar-refractivity contribution in [1.82, 2.24) is 9.97 Å².